The van der Waals surface area contributed by atoms with Crippen LogP contribution in [0.15, 0.2) is 18.2 Å². The lowest BCUT2D eigenvalue weighted by Crippen LogP contribution is -2.26. The zero-order valence-electron chi connectivity index (χ0n) is 12.4. The molecule has 1 aromatic rings. The highest BCUT2D eigenvalue weighted by Crippen LogP contribution is 2.38. The van der Waals surface area contributed by atoms with Crippen LogP contribution < -0.4 is 0 Å². The van der Waals surface area contributed by atoms with Gasteiger partial charge in [0.2, 0.25) is 0 Å². The highest BCUT2D eigenvalue weighted by molar-refractivity contribution is 5.74. The van der Waals surface area contributed by atoms with Crippen LogP contribution in [0.1, 0.15) is 51.3 Å². The molecule has 0 bridgehead atoms. The second kappa shape index (κ2) is 4.64. The van der Waals surface area contributed by atoms with Gasteiger partial charge in [-0.3, -0.25) is 4.79 Å². The van der Waals surface area contributed by atoms with Gasteiger partial charge in [-0.2, -0.15) is 0 Å². The fourth-order valence-electron chi connectivity index (χ4n) is 2.56. The smallest absolute Gasteiger partial charge is 0.310 e. The summed E-state index contributed by atoms with van der Waals surface area (Å²) in [6, 6.07) is 6.02. The summed E-state index contributed by atoms with van der Waals surface area (Å²) in [7, 11) is 0. The van der Waals surface area contributed by atoms with Gasteiger partial charge in [0.1, 0.15) is 5.60 Å². The maximum atomic E-state index is 12.0. The van der Waals surface area contributed by atoms with Crippen molar-refractivity contribution in [3.63, 3.8) is 0 Å². The largest absolute Gasteiger partial charge is 0.460 e. The molecule has 19 heavy (non-hydrogen) atoms. The van der Waals surface area contributed by atoms with Crippen LogP contribution in [0.25, 0.3) is 0 Å². The Morgan fingerprint density at radius 1 is 1.37 bits per heavy atom. The third kappa shape index (κ3) is 3.16. The van der Waals surface area contributed by atoms with E-state index in [0.29, 0.717) is 13.0 Å². The van der Waals surface area contributed by atoms with E-state index in [9.17, 15) is 4.79 Å². The monoisotopic (exact) mass is 262 g/mol. The first-order chi connectivity index (χ1) is 8.69. The van der Waals surface area contributed by atoms with Crippen LogP contribution >= 0.6 is 0 Å². The number of carbonyl (C=O) groups excluding carboxylic acids is 1. The Balaban J connectivity index is 2.24. The van der Waals surface area contributed by atoms with Crippen molar-refractivity contribution in [2.45, 2.75) is 58.8 Å². The van der Waals surface area contributed by atoms with Crippen LogP contribution in [0.2, 0.25) is 0 Å². The van der Waals surface area contributed by atoms with E-state index < -0.39 is 5.60 Å². The third-order valence-electron chi connectivity index (χ3n) is 3.18. The Kier molecular flexibility index (Phi) is 3.43. The van der Waals surface area contributed by atoms with Gasteiger partial charge in [0, 0.05) is 0 Å². The van der Waals surface area contributed by atoms with E-state index in [-0.39, 0.29) is 11.6 Å². The first-order valence-corrected chi connectivity index (χ1v) is 6.66. The summed E-state index contributed by atoms with van der Waals surface area (Å²) < 4.78 is 11.2. The van der Waals surface area contributed by atoms with Crippen molar-refractivity contribution in [1.29, 1.82) is 0 Å². The van der Waals surface area contributed by atoms with Gasteiger partial charge < -0.3 is 9.47 Å². The number of carbonyl (C=O) groups is 1. The molecule has 0 aromatic heterocycles. The van der Waals surface area contributed by atoms with Gasteiger partial charge >= 0.3 is 5.97 Å². The van der Waals surface area contributed by atoms with Crippen molar-refractivity contribution < 1.29 is 14.3 Å². The second-order valence-electron chi connectivity index (χ2n) is 6.51. The fraction of sp³-hybridized carbons (Fsp3) is 0.562. The van der Waals surface area contributed by atoms with Crippen LogP contribution in [-0.4, -0.2) is 11.6 Å². The number of fused-ring (bicyclic) bond motifs is 1. The van der Waals surface area contributed by atoms with Gasteiger partial charge in [-0.05, 0) is 51.3 Å². The summed E-state index contributed by atoms with van der Waals surface area (Å²) in [6.07, 6.45) is 0.299. The van der Waals surface area contributed by atoms with E-state index in [1.165, 1.54) is 5.56 Å². The molecule has 0 radical (unpaired) electrons. The Bertz CT molecular complexity index is 495. The minimum absolute atomic E-state index is 0.191. The Hall–Kier alpha value is -1.35. The van der Waals surface area contributed by atoms with Gasteiger partial charge in [-0.25, -0.2) is 0 Å². The third-order valence-corrected chi connectivity index (χ3v) is 3.18. The summed E-state index contributed by atoms with van der Waals surface area (Å²) in [5.74, 6) is -0.191. The predicted octanol–water partition coefficient (Wildman–Crippen LogP) is 3.34. The number of hydrogen-bond donors (Lipinski definition) is 0. The van der Waals surface area contributed by atoms with Gasteiger partial charge in [0.15, 0.2) is 0 Å². The fourth-order valence-corrected chi connectivity index (χ4v) is 2.56. The average Bonchev–Trinajstić information content (AvgIpc) is 2.53. The second-order valence-corrected chi connectivity index (χ2v) is 6.51. The molecule has 104 valence electrons. The van der Waals surface area contributed by atoms with Crippen molar-refractivity contribution in [1.82, 2.24) is 0 Å². The van der Waals surface area contributed by atoms with Crippen LogP contribution in [0.4, 0.5) is 0 Å². The van der Waals surface area contributed by atoms with Crippen molar-refractivity contribution in [3.8, 4) is 0 Å². The van der Waals surface area contributed by atoms with Gasteiger partial charge in [0.25, 0.3) is 0 Å². The quantitative estimate of drug-likeness (QED) is 0.767. The van der Waals surface area contributed by atoms with Gasteiger partial charge in [0.05, 0.1) is 18.6 Å². The Morgan fingerprint density at radius 2 is 2.05 bits per heavy atom. The molecule has 3 heteroatoms. The van der Waals surface area contributed by atoms with Crippen LogP contribution in [0, 0.1) is 0 Å². The number of hydrogen-bond acceptors (Lipinski definition) is 3. The Morgan fingerprint density at radius 3 is 2.68 bits per heavy atom. The zero-order chi connectivity index (χ0) is 14.3. The van der Waals surface area contributed by atoms with E-state index in [1.54, 1.807) is 0 Å². The lowest BCUT2D eigenvalue weighted by atomic mass is 9.90. The van der Waals surface area contributed by atoms with E-state index in [1.807, 2.05) is 46.8 Å². The lowest BCUT2D eigenvalue weighted by molar-refractivity contribution is -0.153. The van der Waals surface area contributed by atoms with Crippen LogP contribution in [-0.2, 0) is 32.9 Å². The molecule has 0 atom stereocenters. The molecular formula is C16H22O3. The molecule has 0 unspecified atom stereocenters. The summed E-state index contributed by atoms with van der Waals surface area (Å²) in [6.45, 7) is 10.3. The first-order valence-electron chi connectivity index (χ1n) is 6.66. The maximum Gasteiger partial charge on any atom is 0.310 e. The number of esters is 1. The molecule has 3 nitrogen and oxygen atoms in total. The molecule has 2 rings (SSSR count). The molecule has 0 spiro atoms. The Labute approximate surface area is 114 Å². The number of rotatable bonds is 2. The van der Waals surface area contributed by atoms with Gasteiger partial charge in [-0.1, -0.05) is 18.2 Å². The average molecular weight is 262 g/mol. The van der Waals surface area contributed by atoms with Crippen molar-refractivity contribution >= 4 is 5.97 Å². The molecule has 0 fully saturated rings. The molecule has 0 aliphatic carbocycles. The SMILES string of the molecule is CC(C)(C)OC(=O)Cc1cccc2c1C(C)(C)OC2. The molecule has 0 N–H and O–H groups in total. The molecule has 1 aliphatic rings. The normalized spacial score (nSPS) is 17.1. The van der Waals surface area contributed by atoms with Crippen molar-refractivity contribution in [3.05, 3.63) is 34.9 Å². The van der Waals surface area contributed by atoms with Crippen LogP contribution in [0.5, 0.6) is 0 Å². The molecule has 0 saturated carbocycles. The highest BCUT2D eigenvalue weighted by atomic mass is 16.6. The van der Waals surface area contributed by atoms with Gasteiger partial charge in [-0.15, -0.1) is 0 Å². The summed E-state index contributed by atoms with van der Waals surface area (Å²) in [4.78, 5) is 12.0. The van der Waals surface area contributed by atoms with E-state index >= 15 is 0 Å². The van der Waals surface area contributed by atoms with E-state index in [4.69, 9.17) is 9.47 Å². The maximum absolute atomic E-state index is 12.0. The highest BCUT2D eigenvalue weighted by Gasteiger charge is 2.33. The van der Waals surface area contributed by atoms with Crippen molar-refractivity contribution in [2.24, 2.45) is 0 Å². The summed E-state index contributed by atoms with van der Waals surface area (Å²) in [5.41, 5.74) is 2.55. The topological polar surface area (TPSA) is 35.5 Å². The predicted molar refractivity (Wildman–Crippen MR) is 73.8 cm³/mol. The minimum atomic E-state index is -0.443. The zero-order valence-corrected chi connectivity index (χ0v) is 12.4. The number of benzene rings is 1. The standard InChI is InChI=1S/C16H22O3/c1-15(2,3)19-13(17)9-11-7-6-8-12-10-18-16(4,5)14(11)12/h6-8H,9-10H2,1-5H3. The van der Waals surface area contributed by atoms with Crippen molar-refractivity contribution in [2.75, 3.05) is 0 Å². The molecule has 1 heterocycles. The minimum Gasteiger partial charge on any atom is -0.460 e. The number of ether oxygens (including phenoxy) is 2. The molecular weight excluding hydrogens is 240 g/mol. The molecule has 0 saturated heterocycles. The lowest BCUT2D eigenvalue weighted by Gasteiger charge is -2.23. The van der Waals surface area contributed by atoms with Crippen LogP contribution in [0.3, 0.4) is 0 Å². The molecule has 1 aliphatic heterocycles. The molecule has 1 aromatic carbocycles. The molecule has 0 amide bonds. The van der Waals surface area contributed by atoms with E-state index in [2.05, 4.69) is 6.07 Å². The van der Waals surface area contributed by atoms with E-state index in [0.717, 1.165) is 11.1 Å². The summed E-state index contributed by atoms with van der Waals surface area (Å²) in [5, 5.41) is 0. The summed E-state index contributed by atoms with van der Waals surface area (Å²) >= 11 is 0. The first kappa shape index (κ1) is 14.1.